The van der Waals surface area contributed by atoms with Crippen LogP contribution in [0.25, 0.3) is 10.9 Å². The van der Waals surface area contributed by atoms with Gasteiger partial charge >= 0.3 is 0 Å². The van der Waals surface area contributed by atoms with Crippen LogP contribution in [-0.4, -0.2) is 25.6 Å². The number of fused-ring (bicyclic) bond motifs is 1. The first kappa shape index (κ1) is 21.7. The normalized spacial score (nSPS) is 11.3. The molecule has 0 saturated carbocycles. The molecule has 0 unspecified atom stereocenters. The average molecular weight is 470 g/mol. The number of halogens is 1. The summed E-state index contributed by atoms with van der Waals surface area (Å²) in [5, 5.41) is 14.5. The minimum Gasteiger partial charge on any atom is -0.504 e. The van der Waals surface area contributed by atoms with Crippen LogP contribution in [0.15, 0.2) is 71.8 Å². The van der Waals surface area contributed by atoms with Crippen molar-refractivity contribution >= 4 is 43.9 Å². The molecule has 3 aromatic carbocycles. The summed E-state index contributed by atoms with van der Waals surface area (Å²) in [6.07, 6.45) is 1.55. The number of anilines is 2. The summed E-state index contributed by atoms with van der Waals surface area (Å²) < 4.78 is 33.9. The zero-order valence-electron chi connectivity index (χ0n) is 17.3. The van der Waals surface area contributed by atoms with E-state index in [9.17, 15) is 13.5 Å². The minimum absolute atomic E-state index is 0.0576. The highest BCUT2D eigenvalue weighted by molar-refractivity contribution is 7.92. The maximum Gasteiger partial charge on any atom is 0.263 e. The van der Waals surface area contributed by atoms with Gasteiger partial charge in [-0.25, -0.2) is 8.42 Å². The van der Waals surface area contributed by atoms with Gasteiger partial charge in [-0.2, -0.15) is 0 Å². The fourth-order valence-electron chi connectivity index (χ4n) is 3.22. The van der Waals surface area contributed by atoms with Gasteiger partial charge in [-0.1, -0.05) is 35.9 Å². The molecule has 1 aromatic heterocycles. The highest BCUT2D eigenvalue weighted by Crippen LogP contribution is 2.41. The lowest BCUT2D eigenvalue weighted by atomic mass is 10.2. The Bertz CT molecular complexity index is 1420. The first-order valence-corrected chi connectivity index (χ1v) is 11.5. The Morgan fingerprint density at radius 2 is 1.84 bits per heavy atom. The fourth-order valence-corrected chi connectivity index (χ4v) is 4.86. The quantitative estimate of drug-likeness (QED) is 0.343. The number of benzene rings is 3. The summed E-state index contributed by atoms with van der Waals surface area (Å²) in [5.41, 5.74) is 2.18. The molecule has 9 heteroatoms. The highest BCUT2D eigenvalue weighted by Gasteiger charge is 2.20. The lowest BCUT2D eigenvalue weighted by Gasteiger charge is -2.16. The van der Waals surface area contributed by atoms with E-state index >= 15 is 0 Å². The molecule has 0 atom stereocenters. The number of sulfonamides is 1. The number of hydrogen-bond donors (Lipinski definition) is 3. The van der Waals surface area contributed by atoms with E-state index in [0.29, 0.717) is 11.4 Å². The van der Waals surface area contributed by atoms with Crippen molar-refractivity contribution in [3.05, 3.63) is 77.4 Å². The van der Waals surface area contributed by atoms with Crippen LogP contribution in [0.1, 0.15) is 5.56 Å². The number of nitrogens with one attached hydrogen (secondary N) is 2. The van der Waals surface area contributed by atoms with Crippen LogP contribution in [-0.2, 0) is 10.0 Å². The minimum atomic E-state index is -3.97. The van der Waals surface area contributed by atoms with E-state index < -0.39 is 10.0 Å². The average Bonchev–Trinajstić information content (AvgIpc) is 2.74. The van der Waals surface area contributed by atoms with Gasteiger partial charge in [-0.15, -0.1) is 0 Å². The van der Waals surface area contributed by atoms with Crippen molar-refractivity contribution in [3.8, 4) is 17.2 Å². The summed E-state index contributed by atoms with van der Waals surface area (Å²) >= 11 is 6.12. The molecule has 32 heavy (non-hydrogen) atoms. The van der Waals surface area contributed by atoms with Gasteiger partial charge < -0.3 is 15.2 Å². The maximum atomic E-state index is 12.8. The van der Waals surface area contributed by atoms with Crippen LogP contribution < -0.4 is 14.8 Å². The largest absolute Gasteiger partial charge is 0.504 e. The second kappa shape index (κ2) is 8.57. The van der Waals surface area contributed by atoms with Crippen molar-refractivity contribution in [2.45, 2.75) is 11.8 Å². The molecule has 0 aliphatic heterocycles. The van der Waals surface area contributed by atoms with E-state index in [1.165, 1.54) is 18.2 Å². The Hall–Kier alpha value is -3.49. The van der Waals surface area contributed by atoms with Crippen molar-refractivity contribution in [1.29, 1.82) is 0 Å². The molecule has 0 spiro atoms. The molecule has 4 rings (SSSR count). The molecular formula is C23H20ClN3O4S. The molecule has 0 bridgehead atoms. The molecule has 0 amide bonds. The van der Waals surface area contributed by atoms with Crippen molar-refractivity contribution in [2.75, 3.05) is 17.1 Å². The SMILES string of the molecule is CNc1cc(NS(=O)(=O)c2ccc(C)cc2Cl)cc(O)c1Oc1cnc2ccccc2c1. The molecule has 7 nitrogen and oxygen atoms in total. The lowest BCUT2D eigenvalue weighted by molar-refractivity contribution is 0.412. The molecular weight excluding hydrogens is 450 g/mol. The van der Waals surface area contributed by atoms with E-state index in [4.69, 9.17) is 16.3 Å². The smallest absolute Gasteiger partial charge is 0.263 e. The topological polar surface area (TPSA) is 101 Å². The molecule has 0 fully saturated rings. The van der Waals surface area contributed by atoms with Crippen molar-refractivity contribution in [1.82, 2.24) is 4.98 Å². The number of rotatable bonds is 6. The number of para-hydroxylation sites is 1. The van der Waals surface area contributed by atoms with Gasteiger partial charge in [0.05, 0.1) is 28.1 Å². The third-order valence-electron chi connectivity index (χ3n) is 4.75. The monoisotopic (exact) mass is 469 g/mol. The Kier molecular flexibility index (Phi) is 5.82. The van der Waals surface area contributed by atoms with Crippen LogP contribution in [0.2, 0.25) is 5.02 Å². The van der Waals surface area contributed by atoms with Crippen LogP contribution in [0.4, 0.5) is 11.4 Å². The molecule has 0 aliphatic rings. The molecule has 0 saturated heterocycles. The van der Waals surface area contributed by atoms with Crippen LogP contribution in [0.5, 0.6) is 17.2 Å². The van der Waals surface area contributed by atoms with E-state index in [1.807, 2.05) is 31.2 Å². The van der Waals surface area contributed by atoms with Crippen LogP contribution in [0.3, 0.4) is 0 Å². The zero-order chi connectivity index (χ0) is 22.9. The Labute approximate surface area is 190 Å². The Morgan fingerprint density at radius 1 is 1.06 bits per heavy atom. The second-order valence-electron chi connectivity index (χ2n) is 7.13. The number of pyridine rings is 1. The third kappa shape index (κ3) is 4.42. The Morgan fingerprint density at radius 3 is 2.59 bits per heavy atom. The highest BCUT2D eigenvalue weighted by atomic mass is 35.5. The summed E-state index contributed by atoms with van der Waals surface area (Å²) in [6.45, 7) is 1.82. The standard InChI is InChI=1S/C23H20ClN3O4S/c1-14-7-8-22(18(24)9-14)32(29,30)27-16-11-20(25-2)23(21(28)12-16)31-17-10-15-5-3-4-6-19(15)26-13-17/h3-13,25,27-28H,1-2H3. The summed E-state index contributed by atoms with van der Waals surface area (Å²) in [7, 11) is -2.34. The van der Waals surface area contributed by atoms with E-state index in [0.717, 1.165) is 16.5 Å². The van der Waals surface area contributed by atoms with Gasteiger partial charge in [0.1, 0.15) is 10.6 Å². The molecule has 3 N–H and O–H groups in total. The summed E-state index contributed by atoms with van der Waals surface area (Å²) in [4.78, 5) is 4.29. The van der Waals surface area contributed by atoms with Gasteiger partial charge in [-0.05, 0) is 42.8 Å². The summed E-state index contributed by atoms with van der Waals surface area (Å²) in [6, 6.07) is 16.8. The molecule has 0 aliphatic carbocycles. The number of nitrogens with zero attached hydrogens (tertiary/aromatic N) is 1. The van der Waals surface area contributed by atoms with Gasteiger partial charge in [0.15, 0.2) is 11.5 Å². The van der Waals surface area contributed by atoms with Crippen molar-refractivity contribution in [2.24, 2.45) is 0 Å². The molecule has 0 radical (unpaired) electrons. The zero-order valence-corrected chi connectivity index (χ0v) is 18.8. The van der Waals surface area contributed by atoms with Gasteiger partial charge in [-0.3, -0.25) is 9.71 Å². The predicted octanol–water partition coefficient (Wildman–Crippen LogP) is 5.54. The number of phenols is 1. The van der Waals surface area contributed by atoms with Crippen LogP contribution >= 0.6 is 11.6 Å². The third-order valence-corrected chi connectivity index (χ3v) is 6.62. The second-order valence-corrected chi connectivity index (χ2v) is 9.19. The number of ether oxygens (including phenoxy) is 1. The van der Waals surface area contributed by atoms with Crippen LogP contribution in [0, 0.1) is 6.92 Å². The number of phenolic OH excluding ortho intramolecular Hbond substituents is 1. The number of hydrogen-bond acceptors (Lipinski definition) is 6. The first-order chi connectivity index (χ1) is 15.3. The van der Waals surface area contributed by atoms with Gasteiger partial charge in [0, 0.05) is 18.5 Å². The maximum absolute atomic E-state index is 12.8. The molecule has 4 aromatic rings. The van der Waals surface area contributed by atoms with E-state index in [-0.39, 0.29) is 27.1 Å². The molecule has 164 valence electrons. The van der Waals surface area contributed by atoms with Crippen molar-refractivity contribution in [3.63, 3.8) is 0 Å². The van der Waals surface area contributed by atoms with E-state index in [1.54, 1.807) is 31.4 Å². The number of aryl methyl sites for hydroxylation is 1. The number of aromatic hydroxyl groups is 1. The number of aromatic nitrogens is 1. The fraction of sp³-hybridized carbons (Fsp3) is 0.0870. The Balaban J connectivity index is 1.65. The first-order valence-electron chi connectivity index (χ1n) is 9.63. The van der Waals surface area contributed by atoms with Gasteiger partial charge in [0.25, 0.3) is 10.0 Å². The van der Waals surface area contributed by atoms with Gasteiger partial charge in [0.2, 0.25) is 0 Å². The lowest BCUT2D eigenvalue weighted by Crippen LogP contribution is -2.13. The molecule has 1 heterocycles. The van der Waals surface area contributed by atoms with E-state index in [2.05, 4.69) is 15.0 Å². The summed E-state index contributed by atoms with van der Waals surface area (Å²) in [5.74, 6) is 0.314. The van der Waals surface area contributed by atoms with Crippen molar-refractivity contribution < 1.29 is 18.3 Å². The predicted molar refractivity (Wildman–Crippen MR) is 126 cm³/mol.